The molecule has 0 aromatic heterocycles. The van der Waals surface area contributed by atoms with Gasteiger partial charge in [0.2, 0.25) is 0 Å². The smallest absolute Gasteiger partial charge is 0.333 e. The lowest BCUT2D eigenvalue weighted by Crippen LogP contribution is -2.47. The quantitative estimate of drug-likeness (QED) is 0.335. The predicted molar refractivity (Wildman–Crippen MR) is 98.0 cm³/mol. The Morgan fingerprint density at radius 1 is 1.08 bits per heavy atom. The Hall–Kier alpha value is -1.32. The van der Waals surface area contributed by atoms with Crippen LogP contribution in [0.3, 0.4) is 0 Å². The van der Waals surface area contributed by atoms with E-state index in [2.05, 4.69) is 13.5 Å². The number of esters is 2. The molecule has 0 heterocycles. The summed E-state index contributed by atoms with van der Waals surface area (Å²) in [7, 11) is 0. The molecule has 0 N–H and O–H groups in total. The zero-order valence-corrected chi connectivity index (χ0v) is 16.2. The zero-order valence-electron chi connectivity index (χ0n) is 16.2. The van der Waals surface area contributed by atoms with E-state index in [4.69, 9.17) is 9.47 Å². The first kappa shape index (κ1) is 20.0. The van der Waals surface area contributed by atoms with Crippen molar-refractivity contribution in [3.05, 3.63) is 12.2 Å². The first-order chi connectivity index (χ1) is 11.8. The molecule has 2 bridgehead atoms. The minimum Gasteiger partial charge on any atom is -0.461 e. The third kappa shape index (κ3) is 4.86. The van der Waals surface area contributed by atoms with Crippen LogP contribution < -0.4 is 0 Å². The highest BCUT2D eigenvalue weighted by molar-refractivity contribution is 5.87. The lowest BCUT2D eigenvalue weighted by molar-refractivity contribution is -0.172. The van der Waals surface area contributed by atoms with Crippen LogP contribution in [0, 0.1) is 10.8 Å². The van der Waals surface area contributed by atoms with E-state index in [0.717, 1.165) is 38.5 Å². The van der Waals surface area contributed by atoms with Gasteiger partial charge in [-0.3, -0.25) is 4.79 Å². The van der Waals surface area contributed by atoms with Gasteiger partial charge in [-0.25, -0.2) is 4.79 Å². The molecule has 3 rings (SSSR count). The summed E-state index contributed by atoms with van der Waals surface area (Å²) in [5.74, 6) is -0.526. The van der Waals surface area contributed by atoms with Crippen LogP contribution in [0.2, 0.25) is 0 Å². The van der Waals surface area contributed by atoms with Gasteiger partial charge in [-0.15, -0.1) is 0 Å². The van der Waals surface area contributed by atoms with Gasteiger partial charge in [0, 0.05) is 5.57 Å². The van der Waals surface area contributed by atoms with E-state index in [1.165, 1.54) is 25.7 Å². The molecule has 142 valence electrons. The topological polar surface area (TPSA) is 52.6 Å². The van der Waals surface area contributed by atoms with Crippen molar-refractivity contribution in [1.29, 1.82) is 0 Å². The number of fused-ring (bicyclic) bond motifs is 3. The van der Waals surface area contributed by atoms with E-state index in [0.29, 0.717) is 11.0 Å². The highest BCUT2D eigenvalue weighted by Crippen LogP contribution is 2.59. The second-order valence-corrected chi connectivity index (χ2v) is 8.33. The van der Waals surface area contributed by atoms with E-state index in [1.807, 2.05) is 0 Å². The van der Waals surface area contributed by atoms with Gasteiger partial charge in [-0.2, -0.15) is 0 Å². The molecule has 3 aliphatic carbocycles. The third-order valence-corrected chi connectivity index (χ3v) is 6.25. The SMILES string of the molecule is C=C(C)C(=O)OC(C)COC(=O)C12CCC(CCCCC)(CC1)CC2. The molecule has 0 aromatic rings. The van der Waals surface area contributed by atoms with Crippen molar-refractivity contribution in [2.45, 2.75) is 91.1 Å². The van der Waals surface area contributed by atoms with Crippen molar-refractivity contribution >= 4 is 11.9 Å². The largest absolute Gasteiger partial charge is 0.461 e. The van der Waals surface area contributed by atoms with Crippen LogP contribution in [-0.4, -0.2) is 24.6 Å². The molecule has 3 saturated carbocycles. The molecule has 3 fully saturated rings. The molecule has 4 heteroatoms. The van der Waals surface area contributed by atoms with Crippen LogP contribution in [0.15, 0.2) is 12.2 Å². The van der Waals surface area contributed by atoms with Gasteiger partial charge in [-0.1, -0.05) is 32.8 Å². The van der Waals surface area contributed by atoms with Crippen molar-refractivity contribution in [3.8, 4) is 0 Å². The van der Waals surface area contributed by atoms with Gasteiger partial charge in [0.1, 0.15) is 12.7 Å². The molecule has 0 aliphatic heterocycles. The molecule has 0 aromatic carbocycles. The summed E-state index contributed by atoms with van der Waals surface area (Å²) < 4.78 is 10.7. The van der Waals surface area contributed by atoms with Crippen molar-refractivity contribution in [3.63, 3.8) is 0 Å². The summed E-state index contributed by atoms with van der Waals surface area (Å²) in [6.07, 6.45) is 11.1. The fourth-order valence-corrected chi connectivity index (χ4v) is 4.36. The van der Waals surface area contributed by atoms with Crippen LogP contribution >= 0.6 is 0 Å². The van der Waals surface area contributed by atoms with Crippen LogP contribution in [0.1, 0.15) is 85.0 Å². The second-order valence-electron chi connectivity index (χ2n) is 8.33. The molecule has 3 aliphatic rings. The number of unbranched alkanes of at least 4 members (excludes halogenated alkanes) is 2. The molecule has 0 saturated heterocycles. The van der Waals surface area contributed by atoms with E-state index >= 15 is 0 Å². The fourth-order valence-electron chi connectivity index (χ4n) is 4.36. The Morgan fingerprint density at radius 2 is 1.68 bits per heavy atom. The number of carbonyl (C=O) groups excluding carboxylic acids is 2. The summed E-state index contributed by atoms with van der Waals surface area (Å²) in [6.45, 7) is 9.28. The molecule has 0 amide bonds. The van der Waals surface area contributed by atoms with Gasteiger partial charge in [0.05, 0.1) is 5.41 Å². The number of rotatable bonds is 9. The number of hydrogen-bond donors (Lipinski definition) is 0. The van der Waals surface area contributed by atoms with Crippen LogP contribution in [0.25, 0.3) is 0 Å². The standard InChI is InChI=1S/C21H34O4/c1-5-6-7-8-20-9-12-21(13-10-20,14-11-20)19(23)24-15-17(4)25-18(22)16(2)3/h17H,2,5-15H2,1,3-4H3. The number of hydrogen-bond acceptors (Lipinski definition) is 4. The lowest BCUT2D eigenvalue weighted by Gasteiger charge is -2.52. The van der Waals surface area contributed by atoms with Gasteiger partial charge in [0.15, 0.2) is 0 Å². The van der Waals surface area contributed by atoms with E-state index in [1.54, 1.807) is 13.8 Å². The maximum atomic E-state index is 12.7. The Kier molecular flexibility index (Phi) is 6.70. The third-order valence-electron chi connectivity index (χ3n) is 6.25. The van der Waals surface area contributed by atoms with Gasteiger partial charge < -0.3 is 9.47 Å². The molecular formula is C21H34O4. The zero-order chi connectivity index (χ0) is 18.5. The Balaban J connectivity index is 1.80. The minimum atomic E-state index is -0.440. The minimum absolute atomic E-state index is 0.0902. The maximum Gasteiger partial charge on any atom is 0.333 e. The average molecular weight is 350 g/mol. The summed E-state index contributed by atoms with van der Waals surface area (Å²) in [5.41, 5.74) is 0.558. The molecule has 4 nitrogen and oxygen atoms in total. The summed E-state index contributed by atoms with van der Waals surface area (Å²) in [5, 5.41) is 0. The second kappa shape index (κ2) is 8.37. The first-order valence-electron chi connectivity index (χ1n) is 9.86. The van der Waals surface area contributed by atoms with Crippen LogP contribution in [0.5, 0.6) is 0 Å². The number of carbonyl (C=O) groups is 2. The van der Waals surface area contributed by atoms with Crippen LogP contribution in [0.4, 0.5) is 0 Å². The molecule has 1 atom stereocenters. The molecule has 25 heavy (non-hydrogen) atoms. The summed E-state index contributed by atoms with van der Waals surface area (Å²) in [4.78, 5) is 24.2. The highest BCUT2D eigenvalue weighted by Gasteiger charge is 2.52. The van der Waals surface area contributed by atoms with E-state index in [9.17, 15) is 9.59 Å². The Morgan fingerprint density at radius 3 is 2.20 bits per heavy atom. The summed E-state index contributed by atoms with van der Waals surface area (Å²) in [6, 6.07) is 0. The van der Waals surface area contributed by atoms with Crippen LogP contribution in [-0.2, 0) is 19.1 Å². The molecular weight excluding hydrogens is 316 g/mol. The molecule has 0 radical (unpaired) electrons. The van der Waals surface area contributed by atoms with Crippen molar-refractivity contribution < 1.29 is 19.1 Å². The monoisotopic (exact) mass is 350 g/mol. The first-order valence-corrected chi connectivity index (χ1v) is 9.86. The van der Waals surface area contributed by atoms with Gasteiger partial charge in [-0.05, 0) is 64.2 Å². The van der Waals surface area contributed by atoms with Crippen molar-refractivity contribution in [2.75, 3.05) is 6.61 Å². The highest BCUT2D eigenvalue weighted by atomic mass is 16.6. The lowest BCUT2D eigenvalue weighted by atomic mass is 9.52. The van der Waals surface area contributed by atoms with Crippen molar-refractivity contribution in [1.82, 2.24) is 0 Å². The maximum absolute atomic E-state index is 12.7. The summed E-state index contributed by atoms with van der Waals surface area (Å²) >= 11 is 0. The van der Waals surface area contributed by atoms with Gasteiger partial charge in [0.25, 0.3) is 0 Å². The molecule has 1 unspecified atom stereocenters. The average Bonchev–Trinajstić information content (AvgIpc) is 2.61. The normalized spacial score (nSPS) is 29.1. The van der Waals surface area contributed by atoms with E-state index in [-0.39, 0.29) is 18.0 Å². The Bertz CT molecular complexity index is 483. The fraction of sp³-hybridized carbons (Fsp3) is 0.810. The van der Waals surface area contributed by atoms with E-state index < -0.39 is 12.1 Å². The number of ether oxygens (including phenoxy) is 2. The van der Waals surface area contributed by atoms with Gasteiger partial charge >= 0.3 is 11.9 Å². The van der Waals surface area contributed by atoms with Crippen molar-refractivity contribution in [2.24, 2.45) is 10.8 Å². The Labute approximate surface area is 152 Å². The predicted octanol–water partition coefficient (Wildman–Crippen LogP) is 4.96. The molecule has 0 spiro atoms.